The summed E-state index contributed by atoms with van der Waals surface area (Å²) in [7, 11) is 1.65. The lowest BCUT2D eigenvalue weighted by molar-refractivity contribution is 0.0740. The summed E-state index contributed by atoms with van der Waals surface area (Å²) >= 11 is 0. The molecule has 0 bridgehead atoms. The van der Waals surface area contributed by atoms with Crippen LogP contribution >= 0.6 is 0 Å². The number of anilines is 1. The highest BCUT2D eigenvalue weighted by Crippen LogP contribution is 2.28. The topological polar surface area (TPSA) is 78.5 Å². The zero-order chi connectivity index (χ0) is 16.2. The van der Waals surface area contributed by atoms with Crippen LogP contribution in [0.4, 0.5) is 5.69 Å². The Morgan fingerprint density at radius 1 is 1.22 bits per heavy atom. The molecule has 0 spiro atoms. The molecule has 7 nitrogen and oxygen atoms in total. The van der Waals surface area contributed by atoms with Gasteiger partial charge in [0.25, 0.3) is 11.5 Å². The first-order chi connectivity index (χ1) is 11.2. The van der Waals surface area contributed by atoms with Gasteiger partial charge in [0.2, 0.25) is 0 Å². The van der Waals surface area contributed by atoms with Gasteiger partial charge >= 0.3 is 0 Å². The molecule has 1 aliphatic rings. The smallest absolute Gasteiger partial charge is 0.272 e. The van der Waals surface area contributed by atoms with Gasteiger partial charge in [-0.3, -0.25) is 9.59 Å². The van der Waals surface area contributed by atoms with Crippen molar-refractivity contribution in [2.75, 3.05) is 38.2 Å². The highest BCUT2D eigenvalue weighted by atomic mass is 16.5. The predicted molar refractivity (Wildman–Crippen MR) is 86.0 cm³/mol. The van der Waals surface area contributed by atoms with E-state index in [-0.39, 0.29) is 17.2 Å². The van der Waals surface area contributed by atoms with Crippen molar-refractivity contribution in [3.8, 4) is 5.75 Å². The largest absolute Gasteiger partial charge is 0.495 e. The molecule has 1 saturated heterocycles. The normalized spacial score (nSPS) is 14.7. The van der Waals surface area contributed by atoms with Crippen molar-refractivity contribution in [1.82, 2.24) is 14.9 Å². The van der Waals surface area contributed by atoms with E-state index in [2.05, 4.69) is 14.9 Å². The molecule has 1 aliphatic heterocycles. The molecule has 1 N–H and O–H groups in total. The average molecular weight is 314 g/mol. The van der Waals surface area contributed by atoms with Gasteiger partial charge in [-0.2, -0.15) is 0 Å². The van der Waals surface area contributed by atoms with E-state index < -0.39 is 0 Å². The van der Waals surface area contributed by atoms with E-state index >= 15 is 0 Å². The molecule has 2 heterocycles. The van der Waals surface area contributed by atoms with E-state index in [1.165, 1.54) is 12.4 Å². The molecule has 1 aromatic heterocycles. The lowest BCUT2D eigenvalue weighted by Gasteiger charge is -2.36. The van der Waals surface area contributed by atoms with Gasteiger partial charge in [-0.25, -0.2) is 4.98 Å². The monoisotopic (exact) mass is 314 g/mol. The first kappa shape index (κ1) is 15.1. The van der Waals surface area contributed by atoms with Gasteiger partial charge in [0.1, 0.15) is 11.4 Å². The zero-order valence-corrected chi connectivity index (χ0v) is 12.9. The van der Waals surface area contributed by atoms with Crippen molar-refractivity contribution in [2.45, 2.75) is 0 Å². The number of nitrogens with one attached hydrogen (secondary N) is 1. The Morgan fingerprint density at radius 2 is 1.96 bits per heavy atom. The molecule has 120 valence electrons. The number of para-hydroxylation sites is 2. The van der Waals surface area contributed by atoms with Crippen LogP contribution in [0.25, 0.3) is 0 Å². The molecule has 2 aromatic rings. The summed E-state index contributed by atoms with van der Waals surface area (Å²) in [6.45, 7) is 2.56. The van der Waals surface area contributed by atoms with Crippen LogP contribution in [0.1, 0.15) is 10.5 Å². The van der Waals surface area contributed by atoms with Gasteiger partial charge in [0.05, 0.1) is 19.1 Å². The zero-order valence-electron chi connectivity index (χ0n) is 12.9. The van der Waals surface area contributed by atoms with Gasteiger partial charge < -0.3 is 19.5 Å². The second-order valence-electron chi connectivity index (χ2n) is 5.25. The average Bonchev–Trinajstić information content (AvgIpc) is 2.61. The number of benzene rings is 1. The molecule has 0 unspecified atom stereocenters. The van der Waals surface area contributed by atoms with Crippen LogP contribution in [0, 0.1) is 0 Å². The maximum Gasteiger partial charge on any atom is 0.272 e. The van der Waals surface area contributed by atoms with Crippen LogP contribution in [0.15, 0.2) is 41.5 Å². The summed E-state index contributed by atoms with van der Waals surface area (Å²) in [5.74, 6) is 0.610. The molecule has 23 heavy (non-hydrogen) atoms. The van der Waals surface area contributed by atoms with Crippen molar-refractivity contribution >= 4 is 11.6 Å². The Bertz CT molecular complexity index is 751. The summed E-state index contributed by atoms with van der Waals surface area (Å²) in [5.41, 5.74) is 0.881. The van der Waals surface area contributed by atoms with Crippen molar-refractivity contribution in [1.29, 1.82) is 0 Å². The highest BCUT2D eigenvalue weighted by molar-refractivity contribution is 5.92. The Morgan fingerprint density at radius 3 is 2.65 bits per heavy atom. The number of amides is 1. The van der Waals surface area contributed by atoms with E-state index in [1.807, 2.05) is 24.3 Å². The minimum Gasteiger partial charge on any atom is -0.495 e. The second kappa shape index (κ2) is 6.51. The van der Waals surface area contributed by atoms with Gasteiger partial charge in [0.15, 0.2) is 0 Å². The minimum atomic E-state index is -0.323. The second-order valence-corrected chi connectivity index (χ2v) is 5.25. The van der Waals surface area contributed by atoms with E-state index in [0.717, 1.165) is 11.4 Å². The number of ether oxygens (including phenoxy) is 1. The number of aromatic amines is 1. The van der Waals surface area contributed by atoms with Crippen molar-refractivity contribution in [2.24, 2.45) is 0 Å². The fourth-order valence-corrected chi connectivity index (χ4v) is 2.69. The van der Waals surface area contributed by atoms with Gasteiger partial charge in [-0.1, -0.05) is 12.1 Å². The number of piperazine rings is 1. The Kier molecular flexibility index (Phi) is 4.27. The molecule has 3 rings (SSSR count). The van der Waals surface area contributed by atoms with Crippen LogP contribution in [0.2, 0.25) is 0 Å². The first-order valence-corrected chi connectivity index (χ1v) is 7.41. The first-order valence-electron chi connectivity index (χ1n) is 7.41. The number of carbonyl (C=O) groups excluding carboxylic acids is 1. The van der Waals surface area contributed by atoms with Crippen LogP contribution < -0.4 is 15.2 Å². The van der Waals surface area contributed by atoms with Crippen molar-refractivity contribution < 1.29 is 9.53 Å². The van der Waals surface area contributed by atoms with Gasteiger partial charge in [-0.05, 0) is 12.1 Å². The number of aromatic nitrogens is 2. The summed E-state index contributed by atoms with van der Waals surface area (Å²) < 4.78 is 5.38. The Balaban J connectivity index is 1.69. The maximum absolute atomic E-state index is 12.4. The fraction of sp³-hybridized carbons (Fsp3) is 0.312. The SMILES string of the molecule is COc1ccccc1N1CCN(C(=O)c2cc(=O)[nH]cn2)CC1. The van der Waals surface area contributed by atoms with E-state index in [0.29, 0.717) is 26.2 Å². The Hall–Kier alpha value is -2.83. The molecular weight excluding hydrogens is 296 g/mol. The number of H-pyrrole nitrogens is 1. The number of methoxy groups -OCH3 is 1. The minimum absolute atomic E-state index is 0.180. The van der Waals surface area contributed by atoms with Crippen LogP contribution in [0.3, 0.4) is 0 Å². The molecule has 1 fully saturated rings. The van der Waals surface area contributed by atoms with Crippen molar-refractivity contribution in [3.05, 3.63) is 52.7 Å². The van der Waals surface area contributed by atoms with E-state index in [9.17, 15) is 9.59 Å². The molecule has 7 heteroatoms. The Labute approximate surface area is 133 Å². The molecule has 0 radical (unpaired) electrons. The third kappa shape index (κ3) is 3.18. The molecule has 1 aromatic carbocycles. The molecule has 0 aliphatic carbocycles. The summed E-state index contributed by atoms with van der Waals surface area (Å²) in [5, 5.41) is 0. The number of nitrogens with zero attached hydrogens (tertiary/aromatic N) is 3. The van der Waals surface area contributed by atoms with Crippen molar-refractivity contribution in [3.63, 3.8) is 0 Å². The summed E-state index contributed by atoms with van der Waals surface area (Å²) in [4.78, 5) is 33.9. The summed E-state index contributed by atoms with van der Waals surface area (Å²) in [6, 6.07) is 9.06. The lowest BCUT2D eigenvalue weighted by atomic mass is 10.2. The molecule has 0 atom stereocenters. The van der Waals surface area contributed by atoms with Crippen LogP contribution in [0.5, 0.6) is 5.75 Å². The standard InChI is InChI=1S/C16H18N4O3/c1-23-14-5-3-2-4-13(14)19-6-8-20(9-7-19)16(22)12-10-15(21)18-11-17-12/h2-5,10-11H,6-9H2,1H3,(H,17,18,21). The van der Waals surface area contributed by atoms with Crippen LogP contribution in [-0.2, 0) is 0 Å². The lowest BCUT2D eigenvalue weighted by Crippen LogP contribution is -2.49. The molecular formula is C16H18N4O3. The van der Waals surface area contributed by atoms with Crippen LogP contribution in [-0.4, -0.2) is 54.1 Å². The molecule has 0 saturated carbocycles. The maximum atomic E-state index is 12.4. The fourth-order valence-electron chi connectivity index (χ4n) is 2.69. The number of rotatable bonds is 3. The van der Waals surface area contributed by atoms with Gasteiger partial charge in [0, 0.05) is 32.2 Å². The third-order valence-electron chi connectivity index (χ3n) is 3.89. The number of carbonyl (C=O) groups is 1. The number of hydrogen-bond donors (Lipinski definition) is 1. The third-order valence-corrected chi connectivity index (χ3v) is 3.89. The predicted octanol–water partition coefficient (Wildman–Crippen LogP) is 0.741. The molecule has 1 amide bonds. The number of hydrogen-bond acceptors (Lipinski definition) is 5. The summed E-state index contributed by atoms with van der Waals surface area (Å²) in [6.07, 6.45) is 1.25. The quantitative estimate of drug-likeness (QED) is 0.904. The van der Waals surface area contributed by atoms with E-state index in [4.69, 9.17) is 4.74 Å². The van der Waals surface area contributed by atoms with E-state index in [1.54, 1.807) is 12.0 Å². The highest BCUT2D eigenvalue weighted by Gasteiger charge is 2.24. The van der Waals surface area contributed by atoms with Gasteiger partial charge in [-0.15, -0.1) is 0 Å².